The summed E-state index contributed by atoms with van der Waals surface area (Å²) in [6.45, 7) is 1.44. The second-order valence-corrected chi connectivity index (χ2v) is 6.79. The number of fused-ring (bicyclic) bond motifs is 1. The maximum absolute atomic E-state index is 12.1. The summed E-state index contributed by atoms with van der Waals surface area (Å²) in [5, 5.41) is 0. The molecular weight excluding hydrogens is 210 g/mol. The lowest BCUT2D eigenvalue weighted by Crippen LogP contribution is -2.44. The highest BCUT2D eigenvalue weighted by atomic mass is 32.2. The first-order chi connectivity index (χ1) is 7.24. The molecule has 2 aliphatic carbocycles. The Hall–Kier alpha value is -0.380. The van der Waals surface area contributed by atoms with E-state index in [9.17, 15) is 9.00 Å². The van der Waals surface area contributed by atoms with E-state index < -0.39 is 10.8 Å². The van der Waals surface area contributed by atoms with Gasteiger partial charge in [0.05, 0.1) is 0 Å². The van der Waals surface area contributed by atoms with Crippen LogP contribution in [-0.4, -0.2) is 39.6 Å². The Balaban J connectivity index is 1.57. The SMILES string of the molecule is O=C(C1CC2CC2C1)N1CCS(=O)CC1. The molecule has 0 aromatic rings. The largest absolute Gasteiger partial charge is 0.341 e. The van der Waals surface area contributed by atoms with Crippen molar-refractivity contribution in [2.75, 3.05) is 24.6 Å². The molecule has 4 heteroatoms. The maximum atomic E-state index is 12.1. The lowest BCUT2D eigenvalue weighted by atomic mass is 10.0. The van der Waals surface area contributed by atoms with Crippen molar-refractivity contribution >= 4 is 16.7 Å². The smallest absolute Gasteiger partial charge is 0.225 e. The standard InChI is InChI=1S/C11H17NO2S/c13-11(10-6-8-5-9(8)7-10)12-1-3-15(14)4-2-12/h8-10H,1-7H2. The third-order valence-corrected chi connectivity index (χ3v) is 5.36. The highest BCUT2D eigenvalue weighted by Gasteiger charge is 2.48. The second-order valence-electron chi connectivity index (χ2n) is 5.10. The predicted octanol–water partition coefficient (Wildman–Crippen LogP) is 0.623. The van der Waals surface area contributed by atoms with Gasteiger partial charge in [0.25, 0.3) is 0 Å². The summed E-state index contributed by atoms with van der Waals surface area (Å²) in [5.41, 5.74) is 0. The van der Waals surface area contributed by atoms with Crippen LogP contribution in [0.1, 0.15) is 19.3 Å². The van der Waals surface area contributed by atoms with Crippen molar-refractivity contribution in [1.82, 2.24) is 4.90 Å². The summed E-state index contributed by atoms with van der Waals surface area (Å²) in [4.78, 5) is 14.0. The van der Waals surface area contributed by atoms with Crippen molar-refractivity contribution in [2.24, 2.45) is 17.8 Å². The molecule has 3 aliphatic rings. The van der Waals surface area contributed by atoms with E-state index >= 15 is 0 Å². The van der Waals surface area contributed by atoms with Crippen molar-refractivity contribution in [1.29, 1.82) is 0 Å². The highest BCUT2D eigenvalue weighted by Crippen LogP contribution is 2.54. The van der Waals surface area contributed by atoms with Gasteiger partial charge in [-0.05, 0) is 31.1 Å². The molecule has 3 fully saturated rings. The molecule has 3 rings (SSSR count). The second kappa shape index (κ2) is 3.58. The van der Waals surface area contributed by atoms with Crippen LogP contribution in [0.5, 0.6) is 0 Å². The fourth-order valence-electron chi connectivity index (χ4n) is 3.03. The number of nitrogens with zero attached hydrogens (tertiary/aromatic N) is 1. The first-order valence-electron chi connectivity index (χ1n) is 5.88. The molecule has 1 amide bonds. The molecular formula is C11H17NO2S. The van der Waals surface area contributed by atoms with Gasteiger partial charge in [-0.15, -0.1) is 0 Å². The molecule has 84 valence electrons. The summed E-state index contributed by atoms with van der Waals surface area (Å²) in [6.07, 6.45) is 3.62. The number of rotatable bonds is 1. The van der Waals surface area contributed by atoms with Crippen molar-refractivity contribution < 1.29 is 9.00 Å². The Labute approximate surface area is 92.7 Å². The maximum Gasteiger partial charge on any atom is 0.225 e. The van der Waals surface area contributed by atoms with Gasteiger partial charge in [-0.3, -0.25) is 9.00 Å². The Morgan fingerprint density at radius 1 is 1.07 bits per heavy atom. The molecule has 2 saturated carbocycles. The third-order valence-electron chi connectivity index (χ3n) is 4.08. The van der Waals surface area contributed by atoms with E-state index in [1.165, 1.54) is 6.42 Å². The van der Waals surface area contributed by atoms with Gasteiger partial charge in [0.1, 0.15) is 0 Å². The molecule has 2 unspecified atom stereocenters. The number of amides is 1. The van der Waals surface area contributed by atoms with E-state index in [0.717, 1.165) is 37.8 Å². The van der Waals surface area contributed by atoms with Gasteiger partial charge in [-0.1, -0.05) is 0 Å². The molecule has 2 atom stereocenters. The van der Waals surface area contributed by atoms with Gasteiger partial charge in [-0.2, -0.15) is 0 Å². The Morgan fingerprint density at radius 2 is 1.67 bits per heavy atom. The summed E-state index contributed by atoms with van der Waals surface area (Å²) < 4.78 is 11.2. The number of carbonyl (C=O) groups is 1. The van der Waals surface area contributed by atoms with Crippen molar-refractivity contribution in [3.8, 4) is 0 Å². The fourth-order valence-corrected chi connectivity index (χ4v) is 4.09. The lowest BCUT2D eigenvalue weighted by Gasteiger charge is -2.29. The number of carbonyl (C=O) groups excluding carboxylic acids is 1. The minimum atomic E-state index is -0.671. The summed E-state index contributed by atoms with van der Waals surface area (Å²) in [5.74, 6) is 3.77. The highest BCUT2D eigenvalue weighted by molar-refractivity contribution is 7.85. The van der Waals surface area contributed by atoms with Gasteiger partial charge >= 0.3 is 0 Å². The number of hydrogen-bond acceptors (Lipinski definition) is 2. The quantitative estimate of drug-likeness (QED) is 0.658. The van der Waals surface area contributed by atoms with E-state index in [-0.39, 0.29) is 0 Å². The minimum Gasteiger partial charge on any atom is -0.341 e. The lowest BCUT2D eigenvalue weighted by molar-refractivity contribution is -0.135. The van der Waals surface area contributed by atoms with E-state index in [1.807, 2.05) is 4.90 Å². The molecule has 0 N–H and O–H groups in total. The van der Waals surface area contributed by atoms with E-state index in [1.54, 1.807) is 0 Å². The molecule has 1 heterocycles. The van der Waals surface area contributed by atoms with E-state index in [0.29, 0.717) is 23.3 Å². The molecule has 0 aromatic carbocycles. The third kappa shape index (κ3) is 1.84. The van der Waals surface area contributed by atoms with Gasteiger partial charge in [0.15, 0.2) is 0 Å². The van der Waals surface area contributed by atoms with Gasteiger partial charge in [-0.25, -0.2) is 0 Å². The molecule has 0 aromatic heterocycles. The van der Waals surface area contributed by atoms with Crippen LogP contribution in [0.15, 0.2) is 0 Å². The van der Waals surface area contributed by atoms with Gasteiger partial charge in [0, 0.05) is 41.3 Å². The predicted molar refractivity (Wildman–Crippen MR) is 58.8 cm³/mol. The Kier molecular flexibility index (Phi) is 2.34. The first-order valence-corrected chi connectivity index (χ1v) is 7.36. The zero-order valence-electron chi connectivity index (χ0n) is 8.85. The van der Waals surface area contributed by atoms with Crippen LogP contribution in [0.25, 0.3) is 0 Å². The van der Waals surface area contributed by atoms with Crippen molar-refractivity contribution in [3.05, 3.63) is 0 Å². The molecule has 15 heavy (non-hydrogen) atoms. The number of hydrogen-bond donors (Lipinski definition) is 0. The van der Waals surface area contributed by atoms with E-state index in [2.05, 4.69) is 0 Å². The van der Waals surface area contributed by atoms with Crippen LogP contribution in [0.4, 0.5) is 0 Å². The van der Waals surface area contributed by atoms with Crippen molar-refractivity contribution in [3.63, 3.8) is 0 Å². The summed E-state index contributed by atoms with van der Waals surface area (Å²) in [7, 11) is -0.671. The molecule has 3 nitrogen and oxygen atoms in total. The normalized spacial score (nSPS) is 40.3. The molecule has 0 radical (unpaired) electrons. The van der Waals surface area contributed by atoms with Crippen LogP contribution in [-0.2, 0) is 15.6 Å². The van der Waals surface area contributed by atoms with Gasteiger partial charge in [0.2, 0.25) is 5.91 Å². The minimum absolute atomic E-state index is 0.306. The molecule has 0 bridgehead atoms. The summed E-state index contributed by atoms with van der Waals surface area (Å²) >= 11 is 0. The summed E-state index contributed by atoms with van der Waals surface area (Å²) in [6, 6.07) is 0. The van der Waals surface area contributed by atoms with Crippen LogP contribution < -0.4 is 0 Å². The molecule has 0 spiro atoms. The average molecular weight is 227 g/mol. The van der Waals surface area contributed by atoms with Crippen LogP contribution in [0, 0.1) is 17.8 Å². The van der Waals surface area contributed by atoms with Crippen LogP contribution >= 0.6 is 0 Å². The molecule has 1 saturated heterocycles. The van der Waals surface area contributed by atoms with Crippen molar-refractivity contribution in [2.45, 2.75) is 19.3 Å². The molecule has 1 aliphatic heterocycles. The fraction of sp³-hybridized carbons (Fsp3) is 0.909. The Bertz CT molecular complexity index is 298. The average Bonchev–Trinajstić information content (AvgIpc) is 2.86. The Morgan fingerprint density at radius 3 is 2.27 bits per heavy atom. The topological polar surface area (TPSA) is 37.4 Å². The first kappa shape index (κ1) is 9.82. The zero-order chi connectivity index (χ0) is 10.4. The monoisotopic (exact) mass is 227 g/mol. The van der Waals surface area contributed by atoms with Crippen LogP contribution in [0.2, 0.25) is 0 Å². The van der Waals surface area contributed by atoms with E-state index in [4.69, 9.17) is 0 Å². The van der Waals surface area contributed by atoms with Crippen LogP contribution in [0.3, 0.4) is 0 Å². The zero-order valence-corrected chi connectivity index (χ0v) is 9.67. The van der Waals surface area contributed by atoms with Gasteiger partial charge < -0.3 is 4.90 Å².